The van der Waals surface area contributed by atoms with Crippen LogP contribution in [0, 0.1) is 5.82 Å². The van der Waals surface area contributed by atoms with Gasteiger partial charge in [-0.1, -0.05) is 11.6 Å². The van der Waals surface area contributed by atoms with Gasteiger partial charge in [-0.25, -0.2) is 14.4 Å². The summed E-state index contributed by atoms with van der Waals surface area (Å²) in [7, 11) is 0. The lowest BCUT2D eigenvalue weighted by atomic mass is 9.96. The molecule has 0 atom stereocenters. The number of fused-ring (bicyclic) bond motifs is 1. The van der Waals surface area contributed by atoms with Gasteiger partial charge in [0.2, 0.25) is 0 Å². The lowest BCUT2D eigenvalue weighted by molar-refractivity contribution is 0.0971. The monoisotopic (exact) mass is 276 g/mol. The third-order valence-electron chi connectivity index (χ3n) is 3.16. The minimum absolute atomic E-state index is 0.0666. The van der Waals surface area contributed by atoms with E-state index in [1.807, 2.05) is 0 Å². The van der Waals surface area contributed by atoms with Crippen LogP contribution in [0.1, 0.15) is 28.9 Å². The van der Waals surface area contributed by atoms with Gasteiger partial charge in [0.15, 0.2) is 11.6 Å². The molecule has 0 spiro atoms. The molecule has 3 rings (SSSR count). The van der Waals surface area contributed by atoms with Crippen molar-refractivity contribution in [3.63, 3.8) is 0 Å². The Bertz CT molecular complexity index is 672. The first-order valence-electron chi connectivity index (χ1n) is 5.99. The summed E-state index contributed by atoms with van der Waals surface area (Å²) in [6.45, 7) is 0. The van der Waals surface area contributed by atoms with Crippen molar-refractivity contribution in [1.82, 2.24) is 9.97 Å². The smallest absolute Gasteiger partial charge is 0.166 e. The van der Waals surface area contributed by atoms with Gasteiger partial charge in [-0.05, 0) is 31.0 Å². The largest absolute Gasteiger partial charge is 0.294 e. The summed E-state index contributed by atoms with van der Waals surface area (Å²) >= 11 is 5.64. The van der Waals surface area contributed by atoms with Crippen LogP contribution in [-0.2, 0) is 6.42 Å². The number of aryl methyl sites for hydroxylation is 1. The first kappa shape index (κ1) is 12.2. The van der Waals surface area contributed by atoms with Gasteiger partial charge in [0.05, 0.1) is 16.3 Å². The predicted octanol–water partition coefficient (Wildman–Crippen LogP) is 3.46. The molecular weight excluding hydrogens is 267 g/mol. The Hall–Kier alpha value is -1.81. The molecule has 2 aromatic rings. The van der Waals surface area contributed by atoms with E-state index in [-0.39, 0.29) is 10.8 Å². The molecule has 0 aliphatic heterocycles. The van der Waals surface area contributed by atoms with E-state index in [1.54, 1.807) is 6.07 Å². The second-order valence-corrected chi connectivity index (χ2v) is 4.87. The van der Waals surface area contributed by atoms with Gasteiger partial charge in [0, 0.05) is 18.2 Å². The number of hydrogen-bond acceptors (Lipinski definition) is 3. The molecule has 3 nitrogen and oxygen atoms in total. The Labute approximate surface area is 114 Å². The SMILES string of the molecule is O=C1CCCc2nc(-c3ccc(Cl)c(F)c3)ncc21. The van der Waals surface area contributed by atoms with Gasteiger partial charge in [-0.15, -0.1) is 0 Å². The number of carbonyl (C=O) groups is 1. The number of nitrogens with zero attached hydrogens (tertiary/aromatic N) is 2. The third-order valence-corrected chi connectivity index (χ3v) is 3.47. The van der Waals surface area contributed by atoms with E-state index in [1.165, 1.54) is 18.3 Å². The van der Waals surface area contributed by atoms with Crippen LogP contribution in [0.2, 0.25) is 5.02 Å². The highest BCUT2D eigenvalue weighted by atomic mass is 35.5. The number of carbonyl (C=O) groups excluding carboxylic acids is 1. The average Bonchev–Trinajstić information content (AvgIpc) is 2.42. The summed E-state index contributed by atoms with van der Waals surface area (Å²) in [6, 6.07) is 4.44. The van der Waals surface area contributed by atoms with Crippen molar-refractivity contribution >= 4 is 17.4 Å². The fourth-order valence-electron chi connectivity index (χ4n) is 2.17. The third kappa shape index (κ3) is 2.24. The number of hydrogen-bond donors (Lipinski definition) is 0. The van der Waals surface area contributed by atoms with E-state index < -0.39 is 5.82 Å². The summed E-state index contributed by atoms with van der Waals surface area (Å²) in [4.78, 5) is 20.2. The minimum atomic E-state index is -0.503. The predicted molar refractivity (Wildman–Crippen MR) is 69.7 cm³/mol. The van der Waals surface area contributed by atoms with Crippen LogP contribution in [0.25, 0.3) is 11.4 Å². The standard InChI is InChI=1S/C14H10ClFN2O/c15-10-5-4-8(6-11(10)16)14-17-7-9-12(18-14)2-1-3-13(9)19/h4-7H,1-3H2. The van der Waals surface area contributed by atoms with E-state index in [4.69, 9.17) is 11.6 Å². The van der Waals surface area contributed by atoms with Crippen molar-refractivity contribution in [2.75, 3.05) is 0 Å². The van der Waals surface area contributed by atoms with Crippen molar-refractivity contribution in [2.24, 2.45) is 0 Å². The number of ketones is 1. The molecule has 0 fully saturated rings. The molecule has 0 saturated carbocycles. The molecule has 5 heteroatoms. The molecule has 0 bridgehead atoms. The normalized spacial score (nSPS) is 14.3. The van der Waals surface area contributed by atoms with Crippen molar-refractivity contribution in [3.8, 4) is 11.4 Å². The van der Waals surface area contributed by atoms with Crippen LogP contribution in [0.4, 0.5) is 4.39 Å². The van der Waals surface area contributed by atoms with Gasteiger partial charge >= 0.3 is 0 Å². The molecule has 96 valence electrons. The van der Waals surface area contributed by atoms with Crippen LogP contribution in [0.3, 0.4) is 0 Å². The van der Waals surface area contributed by atoms with Crippen molar-refractivity contribution in [2.45, 2.75) is 19.3 Å². The first-order chi connectivity index (χ1) is 9.15. The van der Waals surface area contributed by atoms with E-state index in [2.05, 4.69) is 9.97 Å². The highest BCUT2D eigenvalue weighted by Crippen LogP contribution is 2.24. The van der Waals surface area contributed by atoms with Crippen molar-refractivity contribution < 1.29 is 9.18 Å². The molecule has 19 heavy (non-hydrogen) atoms. The molecule has 1 aromatic carbocycles. The van der Waals surface area contributed by atoms with Crippen molar-refractivity contribution in [3.05, 3.63) is 46.5 Å². The highest BCUT2D eigenvalue weighted by Gasteiger charge is 2.19. The molecule has 0 unspecified atom stereocenters. The zero-order valence-electron chi connectivity index (χ0n) is 9.99. The Morgan fingerprint density at radius 2 is 2.11 bits per heavy atom. The van der Waals surface area contributed by atoms with Crippen LogP contribution in [-0.4, -0.2) is 15.8 Å². The molecular formula is C14H10ClFN2O. The molecule has 1 heterocycles. The fraction of sp³-hybridized carbons (Fsp3) is 0.214. The quantitative estimate of drug-likeness (QED) is 0.801. The minimum Gasteiger partial charge on any atom is -0.294 e. The van der Waals surface area contributed by atoms with Gasteiger partial charge in [0.1, 0.15) is 5.82 Å². The number of halogens is 2. The second-order valence-electron chi connectivity index (χ2n) is 4.46. The van der Waals surface area contributed by atoms with E-state index in [0.717, 1.165) is 18.5 Å². The molecule has 0 radical (unpaired) electrons. The Morgan fingerprint density at radius 3 is 2.89 bits per heavy atom. The van der Waals surface area contributed by atoms with Crippen LogP contribution < -0.4 is 0 Å². The van der Waals surface area contributed by atoms with Crippen molar-refractivity contribution in [1.29, 1.82) is 0 Å². The summed E-state index contributed by atoms with van der Waals surface area (Å²) in [5.74, 6) is -0.00401. The van der Waals surface area contributed by atoms with E-state index in [9.17, 15) is 9.18 Å². The number of rotatable bonds is 1. The molecule has 1 aromatic heterocycles. The maximum absolute atomic E-state index is 13.4. The molecule has 0 N–H and O–H groups in total. The van der Waals surface area contributed by atoms with Crippen LogP contribution >= 0.6 is 11.6 Å². The number of aromatic nitrogens is 2. The zero-order valence-corrected chi connectivity index (χ0v) is 10.7. The molecule has 0 amide bonds. The summed E-state index contributed by atoms with van der Waals surface area (Å²) in [6.07, 6.45) is 3.64. The Kier molecular flexibility index (Phi) is 3.03. The van der Waals surface area contributed by atoms with Crippen LogP contribution in [0.15, 0.2) is 24.4 Å². The second kappa shape index (κ2) is 4.70. The molecule has 1 aliphatic rings. The number of Topliss-reactive ketones (excluding diaryl/α,β-unsaturated/α-hetero) is 1. The Morgan fingerprint density at radius 1 is 1.26 bits per heavy atom. The molecule has 0 saturated heterocycles. The van der Waals surface area contributed by atoms with Gasteiger partial charge in [-0.3, -0.25) is 4.79 Å². The molecule has 1 aliphatic carbocycles. The van der Waals surface area contributed by atoms with Gasteiger partial charge in [0.25, 0.3) is 0 Å². The van der Waals surface area contributed by atoms with E-state index in [0.29, 0.717) is 23.4 Å². The summed E-state index contributed by atoms with van der Waals surface area (Å²) in [5.41, 5.74) is 1.89. The summed E-state index contributed by atoms with van der Waals surface area (Å²) < 4.78 is 13.4. The maximum Gasteiger partial charge on any atom is 0.166 e. The average molecular weight is 277 g/mol. The first-order valence-corrected chi connectivity index (χ1v) is 6.37. The Balaban J connectivity index is 2.06. The van der Waals surface area contributed by atoms with Gasteiger partial charge < -0.3 is 0 Å². The summed E-state index contributed by atoms with van der Waals surface area (Å²) in [5, 5.41) is 0.0666. The fourth-order valence-corrected chi connectivity index (χ4v) is 2.28. The van der Waals surface area contributed by atoms with Gasteiger partial charge in [-0.2, -0.15) is 0 Å². The van der Waals surface area contributed by atoms with Crippen LogP contribution in [0.5, 0.6) is 0 Å². The lowest BCUT2D eigenvalue weighted by Crippen LogP contribution is -2.13. The highest BCUT2D eigenvalue weighted by molar-refractivity contribution is 6.30. The topological polar surface area (TPSA) is 42.9 Å². The lowest BCUT2D eigenvalue weighted by Gasteiger charge is -2.13. The van der Waals surface area contributed by atoms with E-state index >= 15 is 0 Å². The number of benzene rings is 1. The maximum atomic E-state index is 13.4. The zero-order chi connectivity index (χ0) is 13.4.